The number of nitriles is 1. The summed E-state index contributed by atoms with van der Waals surface area (Å²) in [5.41, 5.74) is 3.88. The lowest BCUT2D eigenvalue weighted by atomic mass is 9.69. The molecule has 0 unspecified atom stereocenters. The molecule has 0 radical (unpaired) electrons. The maximum absolute atomic E-state index is 11.5. The van der Waals surface area contributed by atoms with E-state index in [4.69, 9.17) is 11.0 Å². The van der Waals surface area contributed by atoms with Gasteiger partial charge in [-0.05, 0) is 19.3 Å². The predicted molar refractivity (Wildman–Crippen MR) is 50.4 cm³/mol. The van der Waals surface area contributed by atoms with Crippen molar-refractivity contribution < 1.29 is 14.3 Å². The van der Waals surface area contributed by atoms with Gasteiger partial charge in [-0.3, -0.25) is 4.79 Å². The number of carbonyl (C=O) groups is 2. The fourth-order valence-electron chi connectivity index (χ4n) is 1.41. The molecule has 0 heterocycles. The highest BCUT2D eigenvalue weighted by atomic mass is 16.5. The topological polar surface area (TPSA) is 105 Å². The zero-order valence-corrected chi connectivity index (χ0v) is 8.28. The lowest BCUT2D eigenvalue weighted by molar-refractivity contribution is -0.131. The summed E-state index contributed by atoms with van der Waals surface area (Å²) in [6.45, 7) is 0.216. The van der Waals surface area contributed by atoms with Gasteiger partial charge in [-0.1, -0.05) is 0 Å². The van der Waals surface area contributed by atoms with Crippen LogP contribution in [0.15, 0.2) is 0 Å². The number of nitrogens with two attached hydrogens (primary N) is 1. The van der Waals surface area contributed by atoms with Crippen LogP contribution in [0.4, 0.5) is 4.79 Å². The van der Waals surface area contributed by atoms with Gasteiger partial charge in [0.25, 0.3) is 0 Å². The molecule has 0 bridgehead atoms. The summed E-state index contributed by atoms with van der Waals surface area (Å²) in [4.78, 5) is 21.7. The van der Waals surface area contributed by atoms with Crippen molar-refractivity contribution in [1.82, 2.24) is 5.32 Å². The molecule has 1 fully saturated rings. The molecule has 1 aliphatic rings. The van der Waals surface area contributed by atoms with E-state index in [-0.39, 0.29) is 19.1 Å². The highest BCUT2D eigenvalue weighted by Gasteiger charge is 2.44. The van der Waals surface area contributed by atoms with Gasteiger partial charge in [0.1, 0.15) is 12.0 Å². The third-order valence-corrected chi connectivity index (χ3v) is 2.49. The Kier molecular flexibility index (Phi) is 3.50. The second kappa shape index (κ2) is 4.64. The van der Waals surface area contributed by atoms with Crippen LogP contribution in [0.1, 0.15) is 19.3 Å². The molecule has 1 rings (SSSR count). The molecule has 6 nitrogen and oxygen atoms in total. The van der Waals surface area contributed by atoms with E-state index in [0.717, 1.165) is 6.42 Å². The summed E-state index contributed by atoms with van der Waals surface area (Å²) in [5.74, 6) is -0.288. The third-order valence-electron chi connectivity index (χ3n) is 2.49. The van der Waals surface area contributed by atoms with E-state index < -0.39 is 11.5 Å². The van der Waals surface area contributed by atoms with Crippen LogP contribution in [0.3, 0.4) is 0 Å². The van der Waals surface area contributed by atoms with Crippen LogP contribution in [0.2, 0.25) is 0 Å². The molecule has 0 spiro atoms. The maximum Gasteiger partial charge on any atom is 0.404 e. The van der Waals surface area contributed by atoms with Crippen LogP contribution < -0.4 is 11.1 Å². The first kappa shape index (κ1) is 11.3. The van der Waals surface area contributed by atoms with Gasteiger partial charge in [0.15, 0.2) is 0 Å². The largest absolute Gasteiger partial charge is 0.448 e. The van der Waals surface area contributed by atoms with Gasteiger partial charge in [0.2, 0.25) is 5.91 Å². The average Bonchev–Trinajstić information content (AvgIpc) is 2.11. The number of ether oxygens (including phenoxy) is 1. The van der Waals surface area contributed by atoms with Crippen molar-refractivity contribution in [3.05, 3.63) is 0 Å². The van der Waals surface area contributed by atoms with E-state index in [1.54, 1.807) is 0 Å². The average molecular weight is 211 g/mol. The number of rotatable bonds is 4. The van der Waals surface area contributed by atoms with Crippen molar-refractivity contribution in [2.75, 3.05) is 13.2 Å². The van der Waals surface area contributed by atoms with E-state index in [0.29, 0.717) is 12.8 Å². The van der Waals surface area contributed by atoms with Gasteiger partial charge in [-0.15, -0.1) is 0 Å². The fraction of sp³-hybridized carbons (Fsp3) is 0.667. The van der Waals surface area contributed by atoms with Gasteiger partial charge in [-0.25, -0.2) is 4.79 Å². The Morgan fingerprint density at radius 3 is 2.60 bits per heavy atom. The molecule has 1 aliphatic carbocycles. The lowest BCUT2D eigenvalue weighted by Gasteiger charge is -2.33. The number of nitrogens with one attached hydrogen (secondary N) is 1. The number of hydrogen-bond acceptors (Lipinski definition) is 4. The molecule has 0 aromatic carbocycles. The van der Waals surface area contributed by atoms with Gasteiger partial charge in [0, 0.05) is 0 Å². The Morgan fingerprint density at radius 2 is 2.20 bits per heavy atom. The Labute approximate surface area is 87.4 Å². The normalized spacial score (nSPS) is 17.0. The molecule has 15 heavy (non-hydrogen) atoms. The molecule has 2 amide bonds. The quantitative estimate of drug-likeness (QED) is 0.633. The Hall–Kier alpha value is -1.77. The van der Waals surface area contributed by atoms with Gasteiger partial charge in [0.05, 0.1) is 12.6 Å². The van der Waals surface area contributed by atoms with Crippen LogP contribution in [0.5, 0.6) is 0 Å². The van der Waals surface area contributed by atoms with Gasteiger partial charge in [-0.2, -0.15) is 5.26 Å². The minimum absolute atomic E-state index is 0.0303. The van der Waals surface area contributed by atoms with E-state index in [2.05, 4.69) is 10.1 Å². The molecular formula is C9H13N3O3. The number of carbonyl (C=O) groups excluding carboxylic acids is 2. The highest BCUT2D eigenvalue weighted by Crippen LogP contribution is 2.40. The molecule has 3 N–H and O–H groups in total. The second-order valence-electron chi connectivity index (χ2n) is 3.47. The molecule has 0 atom stereocenters. The lowest BCUT2D eigenvalue weighted by Crippen LogP contribution is -2.45. The van der Waals surface area contributed by atoms with Crippen LogP contribution in [-0.2, 0) is 9.53 Å². The summed E-state index contributed by atoms with van der Waals surface area (Å²) in [7, 11) is 0. The first-order chi connectivity index (χ1) is 7.10. The molecule has 82 valence electrons. The van der Waals surface area contributed by atoms with Crippen molar-refractivity contribution in [3.8, 4) is 6.07 Å². The van der Waals surface area contributed by atoms with E-state index in [9.17, 15) is 9.59 Å². The van der Waals surface area contributed by atoms with Crippen molar-refractivity contribution in [2.45, 2.75) is 19.3 Å². The first-order valence-corrected chi connectivity index (χ1v) is 4.72. The summed E-state index contributed by atoms with van der Waals surface area (Å²) < 4.78 is 4.43. The monoisotopic (exact) mass is 211 g/mol. The predicted octanol–water partition coefficient (Wildman–Crippen LogP) is -0.108. The van der Waals surface area contributed by atoms with Crippen LogP contribution >= 0.6 is 0 Å². The van der Waals surface area contributed by atoms with Crippen molar-refractivity contribution >= 4 is 12.0 Å². The molecule has 0 aliphatic heterocycles. The smallest absolute Gasteiger partial charge is 0.404 e. The molecule has 1 saturated carbocycles. The van der Waals surface area contributed by atoms with Gasteiger partial charge >= 0.3 is 6.09 Å². The minimum atomic E-state index is -0.872. The molecule has 0 saturated heterocycles. The number of nitrogens with zero attached hydrogens (tertiary/aromatic N) is 1. The minimum Gasteiger partial charge on any atom is -0.448 e. The van der Waals surface area contributed by atoms with E-state index in [1.807, 2.05) is 6.07 Å². The number of amides is 2. The van der Waals surface area contributed by atoms with Crippen molar-refractivity contribution in [3.63, 3.8) is 0 Å². The Morgan fingerprint density at radius 1 is 1.53 bits per heavy atom. The van der Waals surface area contributed by atoms with E-state index in [1.165, 1.54) is 0 Å². The Balaban J connectivity index is 2.25. The molecule has 0 aromatic heterocycles. The summed E-state index contributed by atoms with van der Waals surface area (Å²) >= 11 is 0. The molecular weight excluding hydrogens is 198 g/mol. The summed E-state index contributed by atoms with van der Waals surface area (Å²) in [5, 5.41) is 11.4. The molecule has 6 heteroatoms. The number of primary amides is 1. The van der Waals surface area contributed by atoms with Gasteiger partial charge < -0.3 is 15.8 Å². The highest BCUT2D eigenvalue weighted by molar-refractivity contribution is 5.86. The Bertz CT molecular complexity index is 304. The summed E-state index contributed by atoms with van der Waals surface area (Å²) in [6.07, 6.45) is 1.24. The fourth-order valence-corrected chi connectivity index (χ4v) is 1.41. The SMILES string of the molecule is N#CC1(C(=O)NCCOC(N)=O)CCC1. The van der Waals surface area contributed by atoms with Crippen molar-refractivity contribution in [2.24, 2.45) is 11.1 Å². The summed E-state index contributed by atoms with van der Waals surface area (Å²) in [6, 6.07) is 2.02. The zero-order chi connectivity index (χ0) is 11.3. The van der Waals surface area contributed by atoms with Crippen LogP contribution in [-0.4, -0.2) is 25.2 Å². The molecule has 0 aromatic rings. The van der Waals surface area contributed by atoms with Crippen LogP contribution in [0.25, 0.3) is 0 Å². The van der Waals surface area contributed by atoms with Crippen LogP contribution in [0, 0.1) is 16.7 Å². The standard InChI is InChI=1S/C9H13N3O3/c10-6-9(2-1-3-9)7(13)12-4-5-15-8(11)14/h1-5H2,(H2,11,14)(H,12,13). The third kappa shape index (κ3) is 2.59. The zero-order valence-electron chi connectivity index (χ0n) is 8.28. The van der Waals surface area contributed by atoms with Crippen molar-refractivity contribution in [1.29, 1.82) is 5.26 Å². The second-order valence-corrected chi connectivity index (χ2v) is 3.47. The maximum atomic E-state index is 11.5. The number of hydrogen-bond donors (Lipinski definition) is 2. The first-order valence-electron chi connectivity index (χ1n) is 4.72. The van der Waals surface area contributed by atoms with E-state index >= 15 is 0 Å².